The number of halogens is 3. The smallest absolute Gasteiger partial charge is 0.387 e. The lowest BCUT2D eigenvalue weighted by Crippen LogP contribution is -2.01. The number of nitrogens with zero attached hydrogens (tertiary/aromatic N) is 3. The first kappa shape index (κ1) is 10.6. The van der Waals surface area contributed by atoms with E-state index in [0.29, 0.717) is 0 Å². The Kier molecular flexibility index (Phi) is 3.50. The molecule has 1 rings (SSSR count). The summed E-state index contributed by atoms with van der Waals surface area (Å²) in [6, 6.07) is 3.83. The number of azide groups is 1. The molecule has 7 heteroatoms. The van der Waals surface area contributed by atoms with Gasteiger partial charge in [-0.05, 0) is 17.7 Å². The zero-order chi connectivity index (χ0) is 10.6. The normalized spacial score (nSPS) is 9.71. The summed E-state index contributed by atoms with van der Waals surface area (Å²) in [7, 11) is 0. The Hall–Kier alpha value is -1.52. The van der Waals surface area contributed by atoms with Gasteiger partial charge < -0.3 is 4.74 Å². The van der Waals surface area contributed by atoms with Crippen LogP contribution in [-0.4, -0.2) is 6.61 Å². The van der Waals surface area contributed by atoms with Gasteiger partial charge in [0.2, 0.25) is 0 Å². The van der Waals surface area contributed by atoms with Gasteiger partial charge in [-0.1, -0.05) is 22.8 Å². The molecule has 0 saturated carbocycles. The molecular weight excluding hydrogens is 216 g/mol. The first-order valence-corrected chi connectivity index (χ1v) is 3.80. The molecule has 0 amide bonds. The highest BCUT2D eigenvalue weighted by atomic mass is 35.5. The average molecular weight is 220 g/mol. The molecule has 74 valence electrons. The summed E-state index contributed by atoms with van der Waals surface area (Å²) in [5, 5.41) is 3.24. The molecule has 0 unspecified atom stereocenters. The average Bonchev–Trinajstić information content (AvgIpc) is 2.10. The Morgan fingerprint density at radius 1 is 1.50 bits per heavy atom. The zero-order valence-electron chi connectivity index (χ0n) is 6.69. The van der Waals surface area contributed by atoms with E-state index in [4.69, 9.17) is 17.1 Å². The fourth-order valence-electron chi connectivity index (χ4n) is 0.792. The van der Waals surface area contributed by atoms with Crippen molar-refractivity contribution < 1.29 is 13.5 Å². The third-order valence-corrected chi connectivity index (χ3v) is 1.60. The molecule has 0 aromatic heterocycles. The lowest BCUT2D eigenvalue weighted by Gasteiger charge is -2.06. The lowest BCUT2D eigenvalue weighted by atomic mass is 10.3. The van der Waals surface area contributed by atoms with Crippen LogP contribution >= 0.6 is 11.6 Å². The van der Waals surface area contributed by atoms with Gasteiger partial charge in [0.15, 0.2) is 0 Å². The molecule has 0 atom stereocenters. The maximum Gasteiger partial charge on any atom is 0.387 e. The van der Waals surface area contributed by atoms with Gasteiger partial charge in [0.25, 0.3) is 0 Å². The van der Waals surface area contributed by atoms with Crippen molar-refractivity contribution in [2.45, 2.75) is 6.61 Å². The molecule has 0 heterocycles. The summed E-state index contributed by atoms with van der Waals surface area (Å²) in [6.45, 7) is -2.96. The van der Waals surface area contributed by atoms with Crippen molar-refractivity contribution in [3.63, 3.8) is 0 Å². The standard InChI is InChI=1S/C7H4ClF2N3O/c8-5-2-1-4(12-13-11)3-6(5)14-7(9)10/h1-3,7H. The molecule has 1 aromatic carbocycles. The lowest BCUT2D eigenvalue weighted by molar-refractivity contribution is -0.0497. The van der Waals surface area contributed by atoms with Gasteiger partial charge >= 0.3 is 6.61 Å². The maximum absolute atomic E-state index is 11.8. The number of ether oxygens (including phenoxy) is 1. The van der Waals surface area contributed by atoms with E-state index in [1.54, 1.807) is 0 Å². The van der Waals surface area contributed by atoms with Crippen molar-refractivity contribution in [3.05, 3.63) is 33.7 Å². The Labute approximate surface area is 82.7 Å². The van der Waals surface area contributed by atoms with Gasteiger partial charge in [0.05, 0.1) is 5.02 Å². The van der Waals surface area contributed by atoms with Crippen LogP contribution in [0.5, 0.6) is 5.75 Å². The summed E-state index contributed by atoms with van der Waals surface area (Å²) in [6.07, 6.45) is 0. The van der Waals surface area contributed by atoms with E-state index in [1.807, 2.05) is 0 Å². The quantitative estimate of drug-likeness (QED) is 0.432. The Balaban J connectivity index is 3.01. The molecular formula is C7H4ClF2N3O. The van der Waals surface area contributed by atoms with E-state index >= 15 is 0 Å². The number of hydrogen-bond acceptors (Lipinski definition) is 2. The second-order valence-electron chi connectivity index (χ2n) is 2.18. The van der Waals surface area contributed by atoms with Crippen LogP contribution in [-0.2, 0) is 0 Å². The van der Waals surface area contributed by atoms with Crippen LogP contribution in [0.4, 0.5) is 14.5 Å². The molecule has 0 aliphatic carbocycles. The first-order valence-electron chi connectivity index (χ1n) is 3.43. The minimum absolute atomic E-state index is 0.0298. The third-order valence-electron chi connectivity index (χ3n) is 1.29. The van der Waals surface area contributed by atoms with Crippen molar-refractivity contribution in [2.24, 2.45) is 5.11 Å². The Bertz CT molecular complexity index is 379. The number of benzene rings is 1. The van der Waals surface area contributed by atoms with Gasteiger partial charge in [-0.2, -0.15) is 8.78 Å². The predicted molar refractivity (Wildman–Crippen MR) is 46.9 cm³/mol. The molecule has 4 nitrogen and oxygen atoms in total. The highest BCUT2D eigenvalue weighted by Gasteiger charge is 2.08. The minimum atomic E-state index is -2.96. The summed E-state index contributed by atoms with van der Waals surface area (Å²) < 4.78 is 27.8. The van der Waals surface area contributed by atoms with Gasteiger partial charge in [0.1, 0.15) is 5.75 Å². The molecule has 0 spiro atoms. The van der Waals surface area contributed by atoms with Crippen LogP contribution in [0.25, 0.3) is 10.4 Å². The van der Waals surface area contributed by atoms with Crippen LogP contribution in [0.15, 0.2) is 23.3 Å². The van der Waals surface area contributed by atoms with Crippen LogP contribution in [0.1, 0.15) is 0 Å². The van der Waals surface area contributed by atoms with Crippen LogP contribution in [0.3, 0.4) is 0 Å². The zero-order valence-corrected chi connectivity index (χ0v) is 7.45. The number of alkyl halides is 2. The molecule has 14 heavy (non-hydrogen) atoms. The largest absolute Gasteiger partial charge is 0.433 e. The fourth-order valence-corrected chi connectivity index (χ4v) is 0.954. The maximum atomic E-state index is 11.8. The number of hydrogen-bond donors (Lipinski definition) is 0. The topological polar surface area (TPSA) is 58.0 Å². The van der Waals surface area contributed by atoms with E-state index in [0.717, 1.165) is 6.07 Å². The van der Waals surface area contributed by atoms with E-state index < -0.39 is 6.61 Å². The second kappa shape index (κ2) is 4.64. The fraction of sp³-hybridized carbons (Fsp3) is 0.143. The van der Waals surface area contributed by atoms with E-state index in [9.17, 15) is 8.78 Å². The second-order valence-corrected chi connectivity index (χ2v) is 2.59. The molecule has 0 aliphatic rings. The molecule has 0 radical (unpaired) electrons. The number of rotatable bonds is 3. The van der Waals surface area contributed by atoms with Gasteiger partial charge in [-0.25, -0.2) is 0 Å². The van der Waals surface area contributed by atoms with Crippen LogP contribution in [0.2, 0.25) is 5.02 Å². The van der Waals surface area contributed by atoms with Crippen molar-refractivity contribution in [3.8, 4) is 5.75 Å². The van der Waals surface area contributed by atoms with E-state index in [-0.39, 0.29) is 16.5 Å². The third kappa shape index (κ3) is 2.76. The van der Waals surface area contributed by atoms with Crippen molar-refractivity contribution in [2.75, 3.05) is 0 Å². The summed E-state index contributed by atoms with van der Waals surface area (Å²) >= 11 is 5.55. The summed E-state index contributed by atoms with van der Waals surface area (Å²) in [4.78, 5) is 2.49. The first-order chi connectivity index (χ1) is 6.63. The molecule has 0 saturated heterocycles. The summed E-state index contributed by atoms with van der Waals surface area (Å²) in [5.41, 5.74) is 8.26. The highest BCUT2D eigenvalue weighted by Crippen LogP contribution is 2.30. The molecule has 0 aliphatic heterocycles. The molecule has 0 N–H and O–H groups in total. The molecule has 0 fully saturated rings. The minimum Gasteiger partial charge on any atom is -0.433 e. The van der Waals surface area contributed by atoms with E-state index in [1.165, 1.54) is 12.1 Å². The molecule has 0 bridgehead atoms. The highest BCUT2D eigenvalue weighted by molar-refractivity contribution is 6.32. The van der Waals surface area contributed by atoms with Crippen molar-refractivity contribution in [1.29, 1.82) is 0 Å². The summed E-state index contributed by atoms with van der Waals surface area (Å²) in [5.74, 6) is -0.216. The monoisotopic (exact) mass is 219 g/mol. The van der Waals surface area contributed by atoms with Crippen molar-refractivity contribution >= 4 is 17.3 Å². The van der Waals surface area contributed by atoms with Crippen LogP contribution in [0, 0.1) is 0 Å². The van der Waals surface area contributed by atoms with Gasteiger partial charge in [-0.15, -0.1) is 0 Å². The Morgan fingerprint density at radius 3 is 2.79 bits per heavy atom. The molecule has 1 aromatic rings. The van der Waals surface area contributed by atoms with Gasteiger partial charge in [-0.3, -0.25) is 0 Å². The van der Waals surface area contributed by atoms with E-state index in [2.05, 4.69) is 14.8 Å². The SMILES string of the molecule is [N-]=[N+]=Nc1ccc(Cl)c(OC(F)F)c1. The van der Waals surface area contributed by atoms with Gasteiger partial charge in [0, 0.05) is 10.6 Å². The predicted octanol–water partition coefficient (Wildman–Crippen LogP) is 3.88. The van der Waals surface area contributed by atoms with Crippen LogP contribution < -0.4 is 4.74 Å². The Morgan fingerprint density at radius 2 is 2.21 bits per heavy atom. The van der Waals surface area contributed by atoms with Crippen molar-refractivity contribution in [1.82, 2.24) is 0 Å².